The molecular weight excluding hydrogens is 315 g/mol. The van der Waals surface area contributed by atoms with E-state index in [9.17, 15) is 4.79 Å². The lowest BCUT2D eigenvalue weighted by atomic mass is 9.88. The number of rotatable bonds is 4. The molecular formula is C16H13Cl3O. The summed E-state index contributed by atoms with van der Waals surface area (Å²) in [6, 6.07) is 12.7. The summed E-state index contributed by atoms with van der Waals surface area (Å²) in [5.74, 6) is -0.309. The standard InChI is InChI=1S/C16H13Cl3O/c1-2-12(10-6-4-3-5-7-10)16(20)13-8-11(17)9-14(18)15(13)19/h3-9,12H,2H2,1H3. The summed E-state index contributed by atoms with van der Waals surface area (Å²) < 4.78 is 0. The molecule has 0 heterocycles. The lowest BCUT2D eigenvalue weighted by Gasteiger charge is -2.16. The van der Waals surface area contributed by atoms with Crippen LogP contribution in [0.25, 0.3) is 0 Å². The van der Waals surface area contributed by atoms with Gasteiger partial charge in [-0.05, 0) is 24.1 Å². The number of benzene rings is 2. The van der Waals surface area contributed by atoms with Crippen LogP contribution in [-0.2, 0) is 0 Å². The summed E-state index contributed by atoms with van der Waals surface area (Å²) in [7, 11) is 0. The third-order valence-corrected chi connectivity index (χ3v) is 4.21. The van der Waals surface area contributed by atoms with Crippen LogP contribution in [0, 0.1) is 0 Å². The molecule has 1 nitrogen and oxygen atoms in total. The number of Topliss-reactive ketones (excluding diaryl/α,β-unsaturated/α-hetero) is 1. The Balaban J connectivity index is 2.44. The molecule has 0 saturated carbocycles. The molecule has 2 aromatic rings. The topological polar surface area (TPSA) is 17.1 Å². The van der Waals surface area contributed by atoms with Gasteiger partial charge in [0.2, 0.25) is 0 Å². The van der Waals surface area contributed by atoms with Crippen LogP contribution in [0.4, 0.5) is 0 Å². The monoisotopic (exact) mass is 326 g/mol. The molecule has 0 bridgehead atoms. The van der Waals surface area contributed by atoms with Crippen LogP contribution < -0.4 is 0 Å². The highest BCUT2D eigenvalue weighted by Gasteiger charge is 2.23. The summed E-state index contributed by atoms with van der Waals surface area (Å²) in [6.45, 7) is 1.97. The fourth-order valence-electron chi connectivity index (χ4n) is 2.18. The van der Waals surface area contributed by atoms with Crippen molar-refractivity contribution in [3.63, 3.8) is 0 Å². The predicted octanol–water partition coefficient (Wildman–Crippen LogP) is 6.02. The predicted molar refractivity (Wildman–Crippen MR) is 85.3 cm³/mol. The van der Waals surface area contributed by atoms with Gasteiger partial charge in [-0.25, -0.2) is 0 Å². The van der Waals surface area contributed by atoms with Gasteiger partial charge in [-0.2, -0.15) is 0 Å². The second-order valence-corrected chi connectivity index (χ2v) is 5.71. The van der Waals surface area contributed by atoms with E-state index < -0.39 is 0 Å². The van der Waals surface area contributed by atoms with Crippen LogP contribution in [0.3, 0.4) is 0 Å². The molecule has 0 aliphatic carbocycles. The third-order valence-electron chi connectivity index (χ3n) is 3.19. The summed E-state index contributed by atoms with van der Waals surface area (Å²) in [5, 5.41) is 0.964. The van der Waals surface area contributed by atoms with E-state index in [1.165, 1.54) is 6.07 Å². The molecule has 104 valence electrons. The van der Waals surface area contributed by atoms with Gasteiger partial charge in [0.05, 0.1) is 10.0 Å². The summed E-state index contributed by atoms with van der Waals surface area (Å²) >= 11 is 18.1. The molecule has 4 heteroatoms. The summed E-state index contributed by atoms with van der Waals surface area (Å²) in [4.78, 5) is 12.7. The maximum atomic E-state index is 12.7. The first kappa shape index (κ1) is 15.4. The molecule has 0 aromatic heterocycles. The molecule has 0 fully saturated rings. The van der Waals surface area contributed by atoms with Crippen molar-refractivity contribution in [2.45, 2.75) is 19.3 Å². The van der Waals surface area contributed by atoms with E-state index in [-0.39, 0.29) is 16.7 Å². The summed E-state index contributed by atoms with van der Waals surface area (Å²) in [5.41, 5.74) is 1.34. The van der Waals surface area contributed by atoms with Crippen molar-refractivity contribution in [2.24, 2.45) is 0 Å². The van der Waals surface area contributed by atoms with E-state index in [0.717, 1.165) is 5.56 Å². The molecule has 0 saturated heterocycles. The van der Waals surface area contributed by atoms with Crippen molar-refractivity contribution in [1.82, 2.24) is 0 Å². The Bertz CT molecular complexity index is 623. The lowest BCUT2D eigenvalue weighted by Crippen LogP contribution is -2.13. The van der Waals surface area contributed by atoms with Crippen molar-refractivity contribution in [2.75, 3.05) is 0 Å². The SMILES string of the molecule is CCC(C(=O)c1cc(Cl)cc(Cl)c1Cl)c1ccccc1. The quantitative estimate of drug-likeness (QED) is 0.495. The Morgan fingerprint density at radius 2 is 1.75 bits per heavy atom. The van der Waals surface area contributed by atoms with E-state index in [1.54, 1.807) is 6.07 Å². The largest absolute Gasteiger partial charge is 0.293 e. The van der Waals surface area contributed by atoms with Gasteiger partial charge >= 0.3 is 0 Å². The zero-order valence-electron chi connectivity index (χ0n) is 10.9. The van der Waals surface area contributed by atoms with E-state index >= 15 is 0 Å². The highest BCUT2D eigenvalue weighted by atomic mass is 35.5. The first-order valence-corrected chi connectivity index (χ1v) is 7.41. The second kappa shape index (κ2) is 6.62. The first-order valence-electron chi connectivity index (χ1n) is 6.28. The van der Waals surface area contributed by atoms with Gasteiger partial charge in [-0.1, -0.05) is 72.1 Å². The molecule has 0 aliphatic heterocycles. The average Bonchev–Trinajstić information content (AvgIpc) is 2.44. The highest BCUT2D eigenvalue weighted by molar-refractivity contribution is 6.45. The van der Waals surface area contributed by atoms with Crippen molar-refractivity contribution in [3.8, 4) is 0 Å². The molecule has 2 rings (SSSR count). The number of carbonyl (C=O) groups is 1. The molecule has 0 radical (unpaired) electrons. The molecule has 0 aliphatic rings. The zero-order valence-corrected chi connectivity index (χ0v) is 13.1. The number of hydrogen-bond donors (Lipinski definition) is 0. The first-order chi connectivity index (χ1) is 9.54. The lowest BCUT2D eigenvalue weighted by molar-refractivity contribution is 0.0957. The van der Waals surface area contributed by atoms with Gasteiger partial charge in [0, 0.05) is 16.5 Å². The Kier molecular flexibility index (Phi) is 5.09. The van der Waals surface area contributed by atoms with Crippen molar-refractivity contribution >= 4 is 40.6 Å². The Morgan fingerprint density at radius 3 is 2.35 bits per heavy atom. The number of carbonyl (C=O) groups excluding carboxylic acids is 1. The van der Waals surface area contributed by atoms with E-state index in [2.05, 4.69) is 0 Å². The van der Waals surface area contributed by atoms with Gasteiger partial charge < -0.3 is 0 Å². The Morgan fingerprint density at radius 1 is 1.10 bits per heavy atom. The van der Waals surface area contributed by atoms with Crippen LogP contribution >= 0.6 is 34.8 Å². The van der Waals surface area contributed by atoms with Crippen molar-refractivity contribution < 1.29 is 4.79 Å². The molecule has 20 heavy (non-hydrogen) atoms. The third kappa shape index (κ3) is 3.17. The minimum atomic E-state index is -0.247. The van der Waals surface area contributed by atoms with Crippen molar-refractivity contribution in [1.29, 1.82) is 0 Å². The molecule has 2 aromatic carbocycles. The highest BCUT2D eigenvalue weighted by Crippen LogP contribution is 2.34. The van der Waals surface area contributed by atoms with Gasteiger partial charge in [0.15, 0.2) is 5.78 Å². The molecule has 0 N–H and O–H groups in total. The molecule has 0 spiro atoms. The Labute approximate surface area is 133 Å². The van der Waals surface area contributed by atoms with Crippen LogP contribution in [0.2, 0.25) is 15.1 Å². The maximum absolute atomic E-state index is 12.7. The van der Waals surface area contributed by atoms with Gasteiger partial charge in [0.25, 0.3) is 0 Å². The molecule has 1 unspecified atom stereocenters. The Hall–Kier alpha value is -1.02. The van der Waals surface area contributed by atoms with Gasteiger partial charge in [-0.3, -0.25) is 4.79 Å². The zero-order chi connectivity index (χ0) is 14.7. The second-order valence-electron chi connectivity index (χ2n) is 4.48. The normalized spacial score (nSPS) is 12.2. The van der Waals surface area contributed by atoms with E-state index in [1.807, 2.05) is 37.3 Å². The van der Waals surface area contributed by atoms with E-state index in [0.29, 0.717) is 22.0 Å². The molecule has 0 amide bonds. The van der Waals surface area contributed by atoms with Crippen LogP contribution in [0.5, 0.6) is 0 Å². The van der Waals surface area contributed by atoms with Gasteiger partial charge in [0.1, 0.15) is 0 Å². The number of ketones is 1. The van der Waals surface area contributed by atoms with E-state index in [4.69, 9.17) is 34.8 Å². The number of halogens is 3. The molecule has 1 atom stereocenters. The van der Waals surface area contributed by atoms with Crippen LogP contribution in [-0.4, -0.2) is 5.78 Å². The maximum Gasteiger partial charge on any atom is 0.171 e. The fourth-order valence-corrected chi connectivity index (χ4v) is 2.88. The smallest absolute Gasteiger partial charge is 0.171 e. The minimum Gasteiger partial charge on any atom is -0.293 e. The van der Waals surface area contributed by atoms with Crippen LogP contribution in [0.15, 0.2) is 42.5 Å². The van der Waals surface area contributed by atoms with Gasteiger partial charge in [-0.15, -0.1) is 0 Å². The van der Waals surface area contributed by atoms with Crippen molar-refractivity contribution in [3.05, 3.63) is 68.7 Å². The van der Waals surface area contributed by atoms with Crippen LogP contribution in [0.1, 0.15) is 35.2 Å². The fraction of sp³-hybridized carbons (Fsp3) is 0.188. The number of hydrogen-bond acceptors (Lipinski definition) is 1. The average molecular weight is 328 g/mol. The minimum absolute atomic E-state index is 0.0619. The summed E-state index contributed by atoms with van der Waals surface area (Å²) in [6.07, 6.45) is 0.684.